The Bertz CT molecular complexity index is 639. The number of aromatic nitrogens is 2. The highest BCUT2D eigenvalue weighted by molar-refractivity contribution is 5.89. The van der Waals surface area contributed by atoms with E-state index in [2.05, 4.69) is 9.97 Å². The van der Waals surface area contributed by atoms with Gasteiger partial charge in [-0.1, -0.05) is 0 Å². The van der Waals surface area contributed by atoms with E-state index in [1.807, 2.05) is 0 Å². The first-order valence-electron chi connectivity index (χ1n) is 7.67. The molecule has 4 N–H and O–H groups in total. The van der Waals surface area contributed by atoms with Gasteiger partial charge in [0.15, 0.2) is 5.82 Å². The molecule has 4 bridgehead atoms. The number of amides is 1. The summed E-state index contributed by atoms with van der Waals surface area (Å²) in [5.74, 6) is -0.222. The standard InChI is InChI=1S/C15H19N3O4/c16-11(19)12-17-6-10(18-12)22-13(20)14-2-8-1-9(3-14)5-15(21,4-8)7-14/h6,8-9,21H,1-5,7H2,(H2,16,19)(H,17,18). The SMILES string of the molecule is NC(=O)c1nc(OC(=O)C23CC4CC(CC(O)(C4)C2)C3)c[nH]1. The van der Waals surface area contributed by atoms with E-state index >= 15 is 0 Å². The number of aliphatic hydroxyl groups is 1. The Labute approximate surface area is 127 Å². The van der Waals surface area contributed by atoms with Crippen molar-refractivity contribution in [1.29, 1.82) is 0 Å². The molecule has 0 radical (unpaired) electrons. The number of nitrogens with two attached hydrogens (primary N) is 1. The lowest BCUT2D eigenvalue weighted by molar-refractivity contribution is -0.189. The third-order valence-corrected chi connectivity index (χ3v) is 5.45. The highest BCUT2D eigenvalue weighted by Crippen LogP contribution is 2.61. The minimum atomic E-state index is -0.715. The topological polar surface area (TPSA) is 118 Å². The van der Waals surface area contributed by atoms with E-state index in [0.29, 0.717) is 18.3 Å². The largest absolute Gasteiger partial charge is 0.405 e. The maximum Gasteiger partial charge on any atom is 0.318 e. The minimum absolute atomic E-state index is 0.0352. The van der Waals surface area contributed by atoms with Crippen molar-refractivity contribution in [2.45, 2.75) is 44.1 Å². The Kier molecular flexibility index (Phi) is 2.70. The molecule has 0 saturated heterocycles. The Hall–Kier alpha value is -1.89. The van der Waals surface area contributed by atoms with Gasteiger partial charge in [0, 0.05) is 0 Å². The van der Waals surface area contributed by atoms with Gasteiger partial charge < -0.3 is 20.6 Å². The fraction of sp³-hybridized carbons (Fsp3) is 0.667. The van der Waals surface area contributed by atoms with Crippen LogP contribution < -0.4 is 10.5 Å². The van der Waals surface area contributed by atoms with Gasteiger partial charge in [0.05, 0.1) is 17.2 Å². The van der Waals surface area contributed by atoms with Gasteiger partial charge in [0.25, 0.3) is 5.91 Å². The van der Waals surface area contributed by atoms with E-state index < -0.39 is 16.9 Å². The van der Waals surface area contributed by atoms with Gasteiger partial charge >= 0.3 is 5.97 Å². The number of ether oxygens (including phenoxy) is 1. The number of imidazole rings is 1. The van der Waals surface area contributed by atoms with Crippen LogP contribution in [0.3, 0.4) is 0 Å². The first kappa shape index (κ1) is 13.8. The minimum Gasteiger partial charge on any atom is -0.405 e. The molecule has 1 aromatic rings. The summed E-state index contributed by atoms with van der Waals surface area (Å²) in [7, 11) is 0. The molecular formula is C15H19N3O4. The molecule has 4 fully saturated rings. The van der Waals surface area contributed by atoms with E-state index in [-0.39, 0.29) is 17.7 Å². The Morgan fingerprint density at radius 2 is 2.00 bits per heavy atom. The first-order valence-corrected chi connectivity index (χ1v) is 7.67. The summed E-state index contributed by atoms with van der Waals surface area (Å²) in [6.07, 6.45) is 6.08. The Morgan fingerprint density at radius 1 is 1.32 bits per heavy atom. The van der Waals surface area contributed by atoms with Crippen LogP contribution in [0.15, 0.2) is 6.20 Å². The number of hydrogen-bond acceptors (Lipinski definition) is 5. The molecule has 5 rings (SSSR count). The van der Waals surface area contributed by atoms with Crippen molar-refractivity contribution < 1.29 is 19.4 Å². The molecule has 118 valence electrons. The molecular weight excluding hydrogens is 286 g/mol. The second kappa shape index (κ2) is 4.32. The van der Waals surface area contributed by atoms with Crippen LogP contribution in [0, 0.1) is 17.3 Å². The summed E-state index contributed by atoms with van der Waals surface area (Å²) < 4.78 is 5.37. The van der Waals surface area contributed by atoms with E-state index in [1.165, 1.54) is 6.20 Å². The van der Waals surface area contributed by atoms with Crippen LogP contribution >= 0.6 is 0 Å². The third-order valence-electron chi connectivity index (χ3n) is 5.45. The molecule has 1 amide bonds. The molecule has 22 heavy (non-hydrogen) atoms. The number of H-pyrrole nitrogens is 1. The second-order valence-electron chi connectivity index (χ2n) is 7.31. The summed E-state index contributed by atoms with van der Waals surface area (Å²) >= 11 is 0. The predicted molar refractivity (Wildman–Crippen MR) is 74.8 cm³/mol. The lowest BCUT2D eigenvalue weighted by Crippen LogP contribution is -2.59. The number of nitrogens with one attached hydrogen (secondary N) is 1. The van der Waals surface area contributed by atoms with Gasteiger partial charge in [-0.05, 0) is 50.4 Å². The van der Waals surface area contributed by atoms with Gasteiger partial charge in [-0.2, -0.15) is 4.98 Å². The number of hydrogen-bond donors (Lipinski definition) is 3. The van der Waals surface area contributed by atoms with Gasteiger partial charge in [0.2, 0.25) is 5.88 Å². The van der Waals surface area contributed by atoms with Crippen molar-refractivity contribution in [3.05, 3.63) is 12.0 Å². The van der Waals surface area contributed by atoms with Gasteiger partial charge in [-0.15, -0.1) is 0 Å². The van der Waals surface area contributed by atoms with E-state index in [1.54, 1.807) is 0 Å². The lowest BCUT2D eigenvalue weighted by Gasteiger charge is -2.58. The van der Waals surface area contributed by atoms with Crippen LogP contribution in [0.2, 0.25) is 0 Å². The first-order chi connectivity index (χ1) is 10.4. The van der Waals surface area contributed by atoms with Crippen LogP contribution in [0.25, 0.3) is 0 Å². The average Bonchev–Trinajstić information content (AvgIpc) is 2.84. The predicted octanol–water partition coefficient (Wildman–Crippen LogP) is 0.745. The van der Waals surface area contributed by atoms with Gasteiger partial charge in [-0.3, -0.25) is 9.59 Å². The van der Waals surface area contributed by atoms with E-state index in [4.69, 9.17) is 10.5 Å². The number of primary amides is 1. The van der Waals surface area contributed by atoms with Crippen molar-refractivity contribution in [1.82, 2.24) is 9.97 Å². The van der Waals surface area contributed by atoms with Crippen molar-refractivity contribution in [2.24, 2.45) is 23.0 Å². The number of rotatable bonds is 3. The summed E-state index contributed by atoms with van der Waals surface area (Å²) in [5, 5.41) is 10.7. The molecule has 7 nitrogen and oxygen atoms in total. The molecule has 0 spiro atoms. The summed E-state index contributed by atoms with van der Waals surface area (Å²) in [6, 6.07) is 0. The average molecular weight is 305 g/mol. The molecule has 2 unspecified atom stereocenters. The van der Waals surface area contributed by atoms with Gasteiger partial charge in [0.1, 0.15) is 0 Å². The van der Waals surface area contributed by atoms with Crippen molar-refractivity contribution >= 4 is 11.9 Å². The highest BCUT2D eigenvalue weighted by atomic mass is 16.5. The van der Waals surface area contributed by atoms with Crippen LogP contribution in [-0.4, -0.2) is 32.6 Å². The number of carbonyl (C=O) groups excluding carboxylic acids is 2. The molecule has 1 heterocycles. The smallest absolute Gasteiger partial charge is 0.318 e. The zero-order valence-electron chi connectivity index (χ0n) is 12.2. The number of nitrogens with zero attached hydrogens (tertiary/aromatic N) is 1. The maximum atomic E-state index is 12.7. The highest BCUT2D eigenvalue weighted by Gasteiger charge is 2.61. The lowest BCUT2D eigenvalue weighted by atomic mass is 9.48. The van der Waals surface area contributed by atoms with Crippen molar-refractivity contribution in [3.63, 3.8) is 0 Å². The number of aromatic amines is 1. The molecule has 0 aliphatic heterocycles. The molecule has 4 aliphatic rings. The molecule has 7 heteroatoms. The monoisotopic (exact) mass is 305 g/mol. The third kappa shape index (κ3) is 2.03. The number of esters is 1. The van der Waals surface area contributed by atoms with Gasteiger partial charge in [-0.25, -0.2) is 0 Å². The van der Waals surface area contributed by atoms with E-state index in [9.17, 15) is 14.7 Å². The number of carbonyl (C=O) groups is 2. The van der Waals surface area contributed by atoms with Crippen molar-refractivity contribution in [2.75, 3.05) is 0 Å². The normalized spacial score (nSPS) is 39.0. The van der Waals surface area contributed by atoms with Crippen LogP contribution in [-0.2, 0) is 4.79 Å². The summed E-state index contributed by atoms with van der Waals surface area (Å²) in [6.45, 7) is 0. The van der Waals surface area contributed by atoms with E-state index in [0.717, 1.165) is 32.1 Å². The zero-order valence-corrected chi connectivity index (χ0v) is 12.2. The fourth-order valence-electron chi connectivity index (χ4n) is 5.14. The molecule has 4 aliphatic carbocycles. The van der Waals surface area contributed by atoms with Crippen LogP contribution in [0.5, 0.6) is 5.88 Å². The van der Waals surface area contributed by atoms with Crippen molar-refractivity contribution in [3.8, 4) is 5.88 Å². The summed E-state index contributed by atoms with van der Waals surface area (Å²) in [4.78, 5) is 30.1. The molecule has 1 aromatic heterocycles. The molecule has 2 atom stereocenters. The molecule has 4 saturated carbocycles. The van der Waals surface area contributed by atoms with Crippen LogP contribution in [0.1, 0.15) is 49.1 Å². The fourth-order valence-corrected chi connectivity index (χ4v) is 5.14. The Balaban J connectivity index is 1.56. The zero-order chi connectivity index (χ0) is 15.5. The maximum absolute atomic E-state index is 12.7. The second-order valence-corrected chi connectivity index (χ2v) is 7.31. The van der Waals surface area contributed by atoms with Crippen LogP contribution in [0.4, 0.5) is 0 Å². The molecule has 0 aromatic carbocycles. The summed E-state index contributed by atoms with van der Waals surface area (Å²) in [5.41, 5.74) is 3.79. The quantitative estimate of drug-likeness (QED) is 0.712. The Morgan fingerprint density at radius 3 is 2.55 bits per heavy atom.